The van der Waals surface area contributed by atoms with Gasteiger partial charge in [-0.25, -0.2) is 4.98 Å². The molecule has 0 spiro atoms. The fraction of sp³-hybridized carbons (Fsp3) is 0.188. The second kappa shape index (κ2) is 4.76. The van der Waals surface area contributed by atoms with Crippen LogP contribution in [0, 0.1) is 0 Å². The van der Waals surface area contributed by atoms with Crippen LogP contribution in [0.3, 0.4) is 0 Å². The largest absolute Gasteiger partial charge is 0.497 e. The normalized spacial score (nSPS) is 10.8. The fourth-order valence-electron chi connectivity index (χ4n) is 2.14. The Kier molecular flexibility index (Phi) is 2.95. The van der Waals surface area contributed by atoms with Crippen LogP contribution in [0.25, 0.3) is 22.6 Å². The van der Waals surface area contributed by atoms with Gasteiger partial charge in [-0.05, 0) is 42.3 Å². The van der Waals surface area contributed by atoms with E-state index in [2.05, 4.69) is 18.0 Å². The Labute approximate surface area is 111 Å². The molecule has 0 N–H and O–H groups in total. The highest BCUT2D eigenvalue weighted by atomic mass is 16.5. The molecule has 0 radical (unpaired) electrons. The van der Waals surface area contributed by atoms with Crippen molar-refractivity contribution < 1.29 is 9.15 Å². The molecule has 0 fully saturated rings. The predicted molar refractivity (Wildman–Crippen MR) is 75.4 cm³/mol. The monoisotopic (exact) mass is 253 g/mol. The lowest BCUT2D eigenvalue weighted by atomic mass is 10.1. The summed E-state index contributed by atoms with van der Waals surface area (Å²) in [4.78, 5) is 4.54. The molecular weight excluding hydrogens is 238 g/mol. The fourth-order valence-corrected chi connectivity index (χ4v) is 2.14. The van der Waals surface area contributed by atoms with E-state index in [4.69, 9.17) is 9.15 Å². The van der Waals surface area contributed by atoms with Crippen molar-refractivity contribution in [1.29, 1.82) is 0 Å². The van der Waals surface area contributed by atoms with Gasteiger partial charge in [-0.2, -0.15) is 0 Å². The molecule has 0 saturated heterocycles. The van der Waals surface area contributed by atoms with E-state index < -0.39 is 0 Å². The summed E-state index contributed by atoms with van der Waals surface area (Å²) < 4.78 is 11.0. The first-order chi connectivity index (χ1) is 9.31. The van der Waals surface area contributed by atoms with Crippen LogP contribution in [0.1, 0.15) is 12.5 Å². The van der Waals surface area contributed by atoms with Crippen molar-refractivity contribution in [1.82, 2.24) is 4.98 Å². The molecule has 0 aliphatic carbocycles. The lowest BCUT2D eigenvalue weighted by Crippen LogP contribution is -1.82. The van der Waals surface area contributed by atoms with Gasteiger partial charge in [-0.15, -0.1) is 0 Å². The Balaban J connectivity index is 2.09. The number of hydrogen-bond acceptors (Lipinski definition) is 3. The SMILES string of the molecule is CCc1cccc2nc(-c3ccc(OC)cc3)oc12. The summed E-state index contributed by atoms with van der Waals surface area (Å²) >= 11 is 0. The molecule has 0 bridgehead atoms. The van der Waals surface area contributed by atoms with Crippen molar-refractivity contribution >= 4 is 11.1 Å². The summed E-state index contributed by atoms with van der Waals surface area (Å²) in [6.45, 7) is 2.12. The minimum Gasteiger partial charge on any atom is -0.497 e. The maximum absolute atomic E-state index is 5.90. The zero-order valence-corrected chi connectivity index (χ0v) is 11.0. The standard InChI is InChI=1S/C16H15NO2/c1-3-11-5-4-6-14-15(11)19-16(17-14)12-7-9-13(18-2)10-8-12/h4-10H,3H2,1-2H3. The predicted octanol–water partition coefficient (Wildman–Crippen LogP) is 4.07. The van der Waals surface area contributed by atoms with Crippen LogP contribution in [0.15, 0.2) is 46.9 Å². The van der Waals surface area contributed by atoms with Crippen LogP contribution >= 0.6 is 0 Å². The topological polar surface area (TPSA) is 35.3 Å². The number of fused-ring (bicyclic) bond motifs is 1. The van der Waals surface area contributed by atoms with Crippen LogP contribution in [0.5, 0.6) is 5.75 Å². The molecule has 1 aromatic heterocycles. The molecule has 1 heterocycles. The maximum atomic E-state index is 5.90. The number of rotatable bonds is 3. The zero-order chi connectivity index (χ0) is 13.2. The number of aromatic nitrogens is 1. The highest BCUT2D eigenvalue weighted by molar-refractivity contribution is 5.79. The van der Waals surface area contributed by atoms with Gasteiger partial charge in [0.05, 0.1) is 7.11 Å². The van der Waals surface area contributed by atoms with Gasteiger partial charge >= 0.3 is 0 Å². The third kappa shape index (κ3) is 2.08. The third-order valence-electron chi connectivity index (χ3n) is 3.21. The minimum absolute atomic E-state index is 0.651. The summed E-state index contributed by atoms with van der Waals surface area (Å²) in [5, 5.41) is 0. The summed E-state index contributed by atoms with van der Waals surface area (Å²) in [5.41, 5.74) is 3.94. The lowest BCUT2D eigenvalue weighted by Gasteiger charge is -1.99. The van der Waals surface area contributed by atoms with Gasteiger partial charge in [-0.1, -0.05) is 19.1 Å². The Bertz CT molecular complexity index is 698. The molecule has 3 aromatic rings. The van der Waals surface area contributed by atoms with E-state index in [1.165, 1.54) is 5.56 Å². The van der Waals surface area contributed by atoms with Crippen molar-refractivity contribution in [3.63, 3.8) is 0 Å². The Morgan fingerprint density at radius 1 is 1.11 bits per heavy atom. The molecule has 3 rings (SSSR count). The molecule has 19 heavy (non-hydrogen) atoms. The molecule has 0 unspecified atom stereocenters. The summed E-state index contributed by atoms with van der Waals surface area (Å²) in [6, 6.07) is 13.8. The highest BCUT2D eigenvalue weighted by Gasteiger charge is 2.10. The molecule has 96 valence electrons. The van der Waals surface area contributed by atoms with E-state index in [1.54, 1.807) is 7.11 Å². The lowest BCUT2D eigenvalue weighted by molar-refractivity contribution is 0.415. The zero-order valence-electron chi connectivity index (χ0n) is 11.0. The number of oxazole rings is 1. The molecular formula is C16H15NO2. The molecule has 0 aliphatic heterocycles. The van der Waals surface area contributed by atoms with Gasteiger partial charge < -0.3 is 9.15 Å². The smallest absolute Gasteiger partial charge is 0.227 e. The van der Waals surface area contributed by atoms with Gasteiger partial charge in [0.1, 0.15) is 11.3 Å². The van der Waals surface area contributed by atoms with Gasteiger partial charge in [0.15, 0.2) is 5.58 Å². The van der Waals surface area contributed by atoms with Crippen molar-refractivity contribution in [2.45, 2.75) is 13.3 Å². The molecule has 0 aliphatic rings. The van der Waals surface area contributed by atoms with Crippen LogP contribution in [-0.2, 0) is 6.42 Å². The summed E-state index contributed by atoms with van der Waals surface area (Å²) in [5.74, 6) is 1.48. The van der Waals surface area contributed by atoms with Crippen LogP contribution in [-0.4, -0.2) is 12.1 Å². The molecule has 3 heteroatoms. The summed E-state index contributed by atoms with van der Waals surface area (Å²) in [6.07, 6.45) is 0.939. The first-order valence-electron chi connectivity index (χ1n) is 6.34. The van der Waals surface area contributed by atoms with Crippen molar-refractivity contribution in [3.8, 4) is 17.2 Å². The molecule has 3 nitrogen and oxygen atoms in total. The first kappa shape index (κ1) is 11.8. The van der Waals surface area contributed by atoms with Crippen molar-refractivity contribution in [2.24, 2.45) is 0 Å². The van der Waals surface area contributed by atoms with Gasteiger partial charge in [-0.3, -0.25) is 0 Å². The van der Waals surface area contributed by atoms with Crippen LogP contribution in [0.4, 0.5) is 0 Å². The molecule has 0 saturated carbocycles. The molecule has 0 amide bonds. The van der Waals surface area contributed by atoms with E-state index in [0.29, 0.717) is 5.89 Å². The average Bonchev–Trinajstić information content (AvgIpc) is 2.91. The quantitative estimate of drug-likeness (QED) is 0.706. The Morgan fingerprint density at radius 3 is 2.58 bits per heavy atom. The molecule has 2 aromatic carbocycles. The van der Waals surface area contributed by atoms with E-state index >= 15 is 0 Å². The number of methoxy groups -OCH3 is 1. The minimum atomic E-state index is 0.651. The van der Waals surface area contributed by atoms with Crippen molar-refractivity contribution in [3.05, 3.63) is 48.0 Å². The number of para-hydroxylation sites is 1. The highest BCUT2D eigenvalue weighted by Crippen LogP contribution is 2.27. The average molecular weight is 253 g/mol. The Hall–Kier alpha value is -2.29. The number of ether oxygens (including phenoxy) is 1. The first-order valence-corrected chi connectivity index (χ1v) is 6.34. The third-order valence-corrected chi connectivity index (χ3v) is 3.21. The van der Waals surface area contributed by atoms with E-state index in [1.807, 2.05) is 36.4 Å². The number of aryl methyl sites for hydroxylation is 1. The second-order valence-electron chi connectivity index (χ2n) is 4.37. The van der Waals surface area contributed by atoms with E-state index in [9.17, 15) is 0 Å². The number of hydrogen-bond donors (Lipinski definition) is 0. The Morgan fingerprint density at radius 2 is 1.89 bits per heavy atom. The van der Waals surface area contributed by atoms with Crippen LogP contribution < -0.4 is 4.74 Å². The maximum Gasteiger partial charge on any atom is 0.227 e. The summed E-state index contributed by atoms with van der Waals surface area (Å²) in [7, 11) is 1.65. The number of nitrogens with zero attached hydrogens (tertiary/aromatic N) is 1. The molecule has 0 atom stereocenters. The van der Waals surface area contributed by atoms with Gasteiger partial charge in [0.25, 0.3) is 0 Å². The van der Waals surface area contributed by atoms with Crippen molar-refractivity contribution in [2.75, 3.05) is 7.11 Å². The van der Waals surface area contributed by atoms with Crippen LogP contribution in [0.2, 0.25) is 0 Å². The van der Waals surface area contributed by atoms with E-state index in [-0.39, 0.29) is 0 Å². The number of benzene rings is 2. The second-order valence-corrected chi connectivity index (χ2v) is 4.37. The van der Waals surface area contributed by atoms with Gasteiger partial charge in [0.2, 0.25) is 5.89 Å². The van der Waals surface area contributed by atoms with Gasteiger partial charge in [0, 0.05) is 5.56 Å². The van der Waals surface area contributed by atoms with E-state index in [0.717, 1.165) is 28.8 Å².